The minimum absolute atomic E-state index is 0.165. The number of carbonyl (C=O) groups is 1. The number of nitrogens with one attached hydrogen (secondary N) is 1. The quantitative estimate of drug-likeness (QED) is 0.670. The van der Waals surface area contributed by atoms with Gasteiger partial charge < -0.3 is 15.0 Å². The van der Waals surface area contributed by atoms with E-state index in [2.05, 4.69) is 5.32 Å². The lowest BCUT2D eigenvalue weighted by Gasteiger charge is -2.16. The number of anilines is 1. The van der Waals surface area contributed by atoms with Crippen LogP contribution < -0.4 is 10.1 Å². The predicted molar refractivity (Wildman–Crippen MR) is 69.5 cm³/mol. The Bertz CT molecular complexity index is 498. The number of rotatable bonds is 3. The molecule has 7 heteroatoms. The third kappa shape index (κ3) is 2.93. The molecule has 0 spiro atoms. The molecule has 0 atom stereocenters. The molecule has 2 rings (SSSR count). The minimum Gasteiger partial charge on any atom is -0.490 e. The molecule has 2 amide bonds. The molecule has 19 heavy (non-hydrogen) atoms. The van der Waals surface area contributed by atoms with Gasteiger partial charge in [0.15, 0.2) is 5.75 Å². The van der Waals surface area contributed by atoms with Crippen LogP contribution in [0.15, 0.2) is 18.2 Å². The van der Waals surface area contributed by atoms with Crippen molar-refractivity contribution in [3.05, 3.63) is 28.3 Å². The first-order valence-electron chi connectivity index (χ1n) is 6.00. The van der Waals surface area contributed by atoms with Crippen molar-refractivity contribution in [3.63, 3.8) is 0 Å². The average molecular weight is 265 g/mol. The van der Waals surface area contributed by atoms with Crippen LogP contribution in [0.2, 0.25) is 0 Å². The molecule has 0 saturated carbocycles. The number of nitrogens with zero attached hydrogens (tertiary/aromatic N) is 2. The second kappa shape index (κ2) is 5.55. The van der Waals surface area contributed by atoms with Crippen LogP contribution >= 0.6 is 0 Å². The molecule has 1 saturated heterocycles. The second-order valence-electron chi connectivity index (χ2n) is 4.27. The molecule has 1 aliphatic rings. The highest BCUT2D eigenvalue weighted by molar-refractivity contribution is 5.90. The number of nitro benzene ring substituents is 1. The summed E-state index contributed by atoms with van der Waals surface area (Å²) in [6.45, 7) is 1.45. The average Bonchev–Trinajstić information content (AvgIpc) is 2.92. The zero-order valence-electron chi connectivity index (χ0n) is 10.6. The van der Waals surface area contributed by atoms with Gasteiger partial charge >= 0.3 is 11.7 Å². The van der Waals surface area contributed by atoms with E-state index in [1.807, 2.05) is 0 Å². The van der Waals surface area contributed by atoms with Gasteiger partial charge in [-0.1, -0.05) is 0 Å². The Balaban J connectivity index is 2.14. The summed E-state index contributed by atoms with van der Waals surface area (Å²) >= 11 is 0. The van der Waals surface area contributed by atoms with E-state index in [0.29, 0.717) is 5.69 Å². The number of hydrogen-bond acceptors (Lipinski definition) is 4. The number of amides is 2. The van der Waals surface area contributed by atoms with Gasteiger partial charge in [0, 0.05) is 24.8 Å². The molecule has 1 fully saturated rings. The molecular weight excluding hydrogens is 250 g/mol. The number of likely N-dealkylation sites (tertiary alicyclic amines) is 1. The minimum atomic E-state index is -0.537. The smallest absolute Gasteiger partial charge is 0.321 e. The summed E-state index contributed by atoms with van der Waals surface area (Å²) in [4.78, 5) is 23.9. The summed E-state index contributed by atoms with van der Waals surface area (Å²) in [6, 6.07) is 4.13. The highest BCUT2D eigenvalue weighted by atomic mass is 16.6. The van der Waals surface area contributed by atoms with Crippen molar-refractivity contribution in [1.29, 1.82) is 0 Å². The van der Waals surface area contributed by atoms with Gasteiger partial charge in [-0.15, -0.1) is 0 Å². The third-order valence-electron chi connectivity index (χ3n) is 3.02. The Morgan fingerprint density at radius 2 is 2.11 bits per heavy atom. The fourth-order valence-electron chi connectivity index (χ4n) is 2.03. The number of carbonyl (C=O) groups excluding carboxylic acids is 1. The zero-order valence-corrected chi connectivity index (χ0v) is 10.6. The SMILES string of the molecule is COc1ccc(NC(=O)N2CCCC2)cc1[N+](=O)[O-]. The number of methoxy groups -OCH3 is 1. The maximum absolute atomic E-state index is 11.9. The van der Waals surface area contributed by atoms with Crippen LogP contribution in [0, 0.1) is 10.1 Å². The van der Waals surface area contributed by atoms with Crippen molar-refractivity contribution in [2.75, 3.05) is 25.5 Å². The van der Waals surface area contributed by atoms with Gasteiger partial charge in [-0.2, -0.15) is 0 Å². The molecule has 7 nitrogen and oxygen atoms in total. The number of ether oxygens (including phenoxy) is 1. The Labute approximate surface area is 110 Å². The van der Waals surface area contributed by atoms with Crippen molar-refractivity contribution < 1.29 is 14.5 Å². The van der Waals surface area contributed by atoms with E-state index in [0.717, 1.165) is 25.9 Å². The largest absolute Gasteiger partial charge is 0.490 e. The lowest BCUT2D eigenvalue weighted by Crippen LogP contribution is -2.32. The van der Waals surface area contributed by atoms with E-state index in [-0.39, 0.29) is 17.5 Å². The molecule has 1 aromatic carbocycles. The number of benzene rings is 1. The maximum Gasteiger partial charge on any atom is 0.321 e. The van der Waals surface area contributed by atoms with Crippen LogP contribution in [0.1, 0.15) is 12.8 Å². The first-order valence-corrected chi connectivity index (χ1v) is 6.00. The van der Waals surface area contributed by atoms with Crippen LogP contribution in [0.25, 0.3) is 0 Å². The van der Waals surface area contributed by atoms with Gasteiger partial charge in [-0.25, -0.2) is 4.79 Å². The van der Waals surface area contributed by atoms with Crippen molar-refractivity contribution in [1.82, 2.24) is 4.90 Å². The summed E-state index contributed by atoms with van der Waals surface area (Å²) in [6.07, 6.45) is 1.99. The zero-order chi connectivity index (χ0) is 13.8. The Morgan fingerprint density at radius 3 is 2.68 bits per heavy atom. The normalized spacial score (nSPS) is 14.3. The van der Waals surface area contributed by atoms with Crippen molar-refractivity contribution >= 4 is 17.4 Å². The molecule has 0 radical (unpaired) electrons. The number of urea groups is 1. The van der Waals surface area contributed by atoms with Crippen LogP contribution in [-0.4, -0.2) is 36.1 Å². The third-order valence-corrected chi connectivity index (χ3v) is 3.02. The molecule has 0 aliphatic carbocycles. The highest BCUT2D eigenvalue weighted by Gasteiger charge is 2.20. The van der Waals surface area contributed by atoms with Crippen molar-refractivity contribution in [2.45, 2.75) is 12.8 Å². The molecule has 1 N–H and O–H groups in total. The van der Waals surface area contributed by atoms with Gasteiger partial charge in [0.05, 0.1) is 12.0 Å². The Morgan fingerprint density at radius 1 is 1.42 bits per heavy atom. The lowest BCUT2D eigenvalue weighted by atomic mass is 10.2. The van der Waals surface area contributed by atoms with Crippen molar-refractivity contribution in [3.8, 4) is 5.75 Å². The fourth-order valence-corrected chi connectivity index (χ4v) is 2.03. The summed E-state index contributed by atoms with van der Waals surface area (Å²) < 4.78 is 4.90. The molecule has 0 bridgehead atoms. The first kappa shape index (κ1) is 13.1. The van der Waals surface area contributed by atoms with Gasteiger partial charge in [0.1, 0.15) is 0 Å². The van der Waals surface area contributed by atoms with Crippen LogP contribution in [0.3, 0.4) is 0 Å². The van der Waals surface area contributed by atoms with Gasteiger partial charge in [0.2, 0.25) is 0 Å². The van der Waals surface area contributed by atoms with E-state index < -0.39 is 4.92 Å². The fraction of sp³-hybridized carbons (Fsp3) is 0.417. The van der Waals surface area contributed by atoms with Gasteiger partial charge in [-0.3, -0.25) is 10.1 Å². The van der Waals surface area contributed by atoms with Crippen LogP contribution in [-0.2, 0) is 0 Å². The van der Waals surface area contributed by atoms with E-state index in [1.165, 1.54) is 19.2 Å². The Hall–Kier alpha value is -2.31. The van der Waals surface area contributed by atoms with Crippen LogP contribution in [0.5, 0.6) is 5.75 Å². The van der Waals surface area contributed by atoms with Gasteiger partial charge in [0.25, 0.3) is 0 Å². The van der Waals surface area contributed by atoms with E-state index in [4.69, 9.17) is 4.74 Å². The number of nitro groups is 1. The second-order valence-corrected chi connectivity index (χ2v) is 4.27. The monoisotopic (exact) mass is 265 g/mol. The molecule has 1 heterocycles. The van der Waals surface area contributed by atoms with E-state index >= 15 is 0 Å². The first-order chi connectivity index (χ1) is 9.11. The molecule has 0 unspecified atom stereocenters. The summed E-state index contributed by atoms with van der Waals surface area (Å²) in [5, 5.41) is 13.5. The summed E-state index contributed by atoms with van der Waals surface area (Å²) in [5.74, 6) is 0.171. The lowest BCUT2D eigenvalue weighted by molar-refractivity contribution is -0.385. The molecular formula is C12H15N3O4. The standard InChI is InChI=1S/C12H15N3O4/c1-19-11-5-4-9(8-10(11)15(17)18)13-12(16)14-6-2-3-7-14/h4-5,8H,2-3,6-7H2,1H3,(H,13,16). The molecule has 1 aromatic rings. The van der Waals surface area contributed by atoms with E-state index in [1.54, 1.807) is 11.0 Å². The summed E-state index contributed by atoms with van der Waals surface area (Å²) in [5.41, 5.74) is 0.228. The van der Waals surface area contributed by atoms with E-state index in [9.17, 15) is 14.9 Å². The maximum atomic E-state index is 11.9. The highest BCUT2D eigenvalue weighted by Crippen LogP contribution is 2.29. The Kier molecular flexibility index (Phi) is 3.84. The molecule has 1 aliphatic heterocycles. The van der Waals surface area contributed by atoms with Crippen molar-refractivity contribution in [2.24, 2.45) is 0 Å². The molecule has 102 valence electrons. The van der Waals surface area contributed by atoms with Crippen LogP contribution in [0.4, 0.5) is 16.2 Å². The topological polar surface area (TPSA) is 84.7 Å². The molecule has 0 aromatic heterocycles. The van der Waals surface area contributed by atoms with Gasteiger partial charge in [-0.05, 0) is 25.0 Å². The number of hydrogen-bond donors (Lipinski definition) is 1. The predicted octanol–water partition coefficient (Wildman–Crippen LogP) is 2.23. The summed E-state index contributed by atoms with van der Waals surface area (Å²) in [7, 11) is 1.37.